The van der Waals surface area contributed by atoms with Crippen molar-refractivity contribution in [2.24, 2.45) is 5.73 Å². The zero-order chi connectivity index (χ0) is 15.5. The van der Waals surface area contributed by atoms with Crippen LogP contribution in [0.1, 0.15) is 28.9 Å². The first-order valence-corrected chi connectivity index (χ1v) is 5.35. The Morgan fingerprint density at radius 2 is 2.05 bits per heavy atom. The third-order valence-electron chi connectivity index (χ3n) is 2.46. The van der Waals surface area contributed by atoms with Crippen molar-refractivity contribution in [3.05, 3.63) is 28.6 Å². The summed E-state index contributed by atoms with van der Waals surface area (Å²) in [5, 5.41) is 0. The number of ether oxygens (including phenoxy) is 1. The fourth-order valence-corrected chi connectivity index (χ4v) is 1.61. The lowest BCUT2D eigenvalue weighted by Crippen LogP contribution is -2.19. The first-order valence-electron chi connectivity index (χ1n) is 5.35. The maximum atomic E-state index is 12.9. The van der Waals surface area contributed by atoms with Crippen molar-refractivity contribution in [3.8, 4) is 0 Å². The van der Waals surface area contributed by atoms with Gasteiger partial charge >= 0.3 is 12.1 Å². The molecule has 0 unspecified atom stereocenters. The third-order valence-corrected chi connectivity index (χ3v) is 2.46. The Morgan fingerprint density at radius 1 is 1.45 bits per heavy atom. The van der Waals surface area contributed by atoms with Gasteiger partial charge in [0.05, 0.1) is 24.8 Å². The summed E-state index contributed by atoms with van der Waals surface area (Å²) in [5.41, 5.74) is 1.41. The van der Waals surface area contributed by atoms with Crippen LogP contribution in [0, 0.1) is 0 Å². The Morgan fingerprint density at radius 3 is 2.45 bits per heavy atom. The zero-order valence-electron chi connectivity index (χ0n) is 10.3. The Bertz CT molecular complexity index is 502. The Labute approximate surface area is 110 Å². The number of carbonyl (C=O) groups is 1. The van der Waals surface area contributed by atoms with Crippen molar-refractivity contribution in [2.75, 3.05) is 7.11 Å². The number of hydrogen-bond donors (Lipinski definition) is 1. The lowest BCUT2D eigenvalue weighted by Gasteiger charge is -2.16. The maximum absolute atomic E-state index is 12.9. The predicted molar refractivity (Wildman–Crippen MR) is 57.8 cm³/mol. The highest BCUT2D eigenvalue weighted by Crippen LogP contribution is 2.37. The quantitative estimate of drug-likeness (QED) is 0.683. The van der Waals surface area contributed by atoms with Gasteiger partial charge in [0, 0.05) is 6.54 Å². The number of alkyl halides is 5. The smallest absolute Gasteiger partial charge is 0.433 e. The van der Waals surface area contributed by atoms with Crippen LogP contribution in [0.2, 0.25) is 0 Å². The maximum Gasteiger partial charge on any atom is 0.433 e. The molecular weight excluding hydrogens is 287 g/mol. The van der Waals surface area contributed by atoms with Crippen molar-refractivity contribution < 1.29 is 31.5 Å². The van der Waals surface area contributed by atoms with Crippen LogP contribution in [0.4, 0.5) is 22.0 Å². The van der Waals surface area contributed by atoms with Crippen LogP contribution in [0.5, 0.6) is 0 Å². The highest BCUT2D eigenvalue weighted by molar-refractivity contribution is 5.73. The average Bonchev–Trinajstić information content (AvgIpc) is 2.36. The van der Waals surface area contributed by atoms with E-state index in [4.69, 9.17) is 5.73 Å². The fraction of sp³-hybridized carbons (Fsp3) is 0.455. The first-order chi connectivity index (χ1) is 9.20. The molecule has 0 aliphatic heterocycles. The van der Waals surface area contributed by atoms with Gasteiger partial charge in [-0.2, -0.15) is 13.2 Å². The van der Waals surface area contributed by atoms with Crippen LogP contribution in [-0.2, 0) is 28.7 Å². The third kappa shape index (κ3) is 3.62. The predicted octanol–water partition coefficient (Wildman–Crippen LogP) is 2.21. The van der Waals surface area contributed by atoms with E-state index in [1.807, 2.05) is 0 Å². The number of halogens is 5. The van der Waals surface area contributed by atoms with Crippen LogP contribution >= 0.6 is 0 Å². The van der Waals surface area contributed by atoms with E-state index >= 15 is 0 Å². The number of methoxy groups -OCH3 is 1. The van der Waals surface area contributed by atoms with E-state index in [9.17, 15) is 26.7 Å². The molecule has 9 heteroatoms. The molecule has 20 heavy (non-hydrogen) atoms. The van der Waals surface area contributed by atoms with Crippen LogP contribution in [-0.4, -0.2) is 18.1 Å². The van der Waals surface area contributed by atoms with Gasteiger partial charge in [0.15, 0.2) is 5.69 Å². The summed E-state index contributed by atoms with van der Waals surface area (Å²) in [6.45, 7) is -0.374. The number of hydrogen-bond acceptors (Lipinski definition) is 4. The van der Waals surface area contributed by atoms with Crippen molar-refractivity contribution in [2.45, 2.75) is 25.6 Å². The lowest BCUT2D eigenvalue weighted by atomic mass is 10.0. The zero-order valence-corrected chi connectivity index (χ0v) is 10.3. The van der Waals surface area contributed by atoms with Gasteiger partial charge in [0.2, 0.25) is 0 Å². The van der Waals surface area contributed by atoms with E-state index < -0.39 is 41.8 Å². The second-order valence-electron chi connectivity index (χ2n) is 3.79. The van der Waals surface area contributed by atoms with Gasteiger partial charge in [-0.15, -0.1) is 0 Å². The molecule has 0 aromatic carbocycles. The number of nitrogens with zero attached hydrogens (tertiary/aromatic N) is 1. The Hall–Kier alpha value is -1.77. The summed E-state index contributed by atoms with van der Waals surface area (Å²) in [6, 6.07) is 0.952. The largest absolute Gasteiger partial charge is 0.469 e. The SMILES string of the molecule is COC(=O)Cc1cc(CN)nc(C(F)(F)F)c1C(F)F. The molecule has 2 N–H and O–H groups in total. The molecule has 0 amide bonds. The molecule has 0 fully saturated rings. The molecule has 0 saturated heterocycles. The van der Waals surface area contributed by atoms with Crippen molar-refractivity contribution in [1.82, 2.24) is 4.98 Å². The van der Waals surface area contributed by atoms with Crippen LogP contribution in [0.3, 0.4) is 0 Å². The molecule has 4 nitrogen and oxygen atoms in total. The normalized spacial score (nSPS) is 11.8. The Balaban J connectivity index is 3.50. The van der Waals surface area contributed by atoms with Gasteiger partial charge in [0.25, 0.3) is 6.43 Å². The molecule has 0 aliphatic carbocycles. The molecule has 0 atom stereocenters. The molecule has 0 radical (unpaired) electrons. The summed E-state index contributed by atoms with van der Waals surface area (Å²) >= 11 is 0. The van der Waals surface area contributed by atoms with E-state index in [-0.39, 0.29) is 12.2 Å². The molecule has 0 spiro atoms. The minimum absolute atomic E-state index is 0.236. The van der Waals surface area contributed by atoms with Crippen molar-refractivity contribution in [1.29, 1.82) is 0 Å². The van der Waals surface area contributed by atoms with Crippen LogP contribution in [0.15, 0.2) is 6.07 Å². The highest BCUT2D eigenvalue weighted by Gasteiger charge is 2.39. The second kappa shape index (κ2) is 6.12. The summed E-state index contributed by atoms with van der Waals surface area (Å²) in [7, 11) is 1.00. The van der Waals surface area contributed by atoms with E-state index in [0.29, 0.717) is 0 Å². The number of aromatic nitrogens is 1. The molecule has 0 aliphatic rings. The topological polar surface area (TPSA) is 65.2 Å². The van der Waals surface area contributed by atoms with Gasteiger partial charge in [-0.25, -0.2) is 13.8 Å². The molecule has 1 heterocycles. The lowest BCUT2D eigenvalue weighted by molar-refractivity contribution is -0.144. The molecule has 112 valence electrons. The summed E-state index contributed by atoms with van der Waals surface area (Å²) in [5.74, 6) is -0.936. The average molecular weight is 298 g/mol. The number of pyridine rings is 1. The minimum Gasteiger partial charge on any atom is -0.469 e. The van der Waals surface area contributed by atoms with Crippen LogP contribution < -0.4 is 5.73 Å². The summed E-state index contributed by atoms with van der Waals surface area (Å²) in [4.78, 5) is 14.2. The number of carbonyl (C=O) groups excluding carboxylic acids is 1. The standard InChI is InChI=1S/C11H11F5N2O2/c1-20-7(19)3-5-2-6(4-17)18-9(11(14,15)16)8(5)10(12)13/h2,10H,3-4,17H2,1H3. The molecular formula is C11H11F5N2O2. The van der Waals surface area contributed by atoms with E-state index in [2.05, 4.69) is 9.72 Å². The van der Waals surface area contributed by atoms with E-state index in [1.165, 1.54) is 0 Å². The second-order valence-corrected chi connectivity index (χ2v) is 3.79. The van der Waals surface area contributed by atoms with E-state index in [0.717, 1.165) is 13.2 Å². The molecule has 0 bridgehead atoms. The van der Waals surface area contributed by atoms with Crippen molar-refractivity contribution >= 4 is 5.97 Å². The summed E-state index contributed by atoms with van der Waals surface area (Å²) < 4.78 is 68.4. The first kappa shape index (κ1) is 16.3. The number of rotatable bonds is 4. The minimum atomic E-state index is -5.07. The number of nitrogens with two attached hydrogens (primary N) is 1. The van der Waals surface area contributed by atoms with Gasteiger partial charge < -0.3 is 10.5 Å². The van der Waals surface area contributed by atoms with Crippen molar-refractivity contribution in [3.63, 3.8) is 0 Å². The summed E-state index contributed by atoms with van der Waals surface area (Å²) in [6.07, 6.45) is -9.21. The van der Waals surface area contributed by atoms with E-state index in [1.54, 1.807) is 0 Å². The van der Waals surface area contributed by atoms with Gasteiger partial charge in [-0.1, -0.05) is 0 Å². The van der Waals surface area contributed by atoms with Gasteiger partial charge in [0.1, 0.15) is 0 Å². The van der Waals surface area contributed by atoms with Gasteiger partial charge in [-0.05, 0) is 11.6 Å². The fourth-order valence-electron chi connectivity index (χ4n) is 1.61. The molecule has 0 saturated carbocycles. The molecule has 1 aromatic heterocycles. The molecule has 1 aromatic rings. The number of esters is 1. The van der Waals surface area contributed by atoms with Gasteiger partial charge in [-0.3, -0.25) is 4.79 Å². The molecule has 1 rings (SSSR count). The Kier molecular flexibility index (Phi) is 4.98. The monoisotopic (exact) mass is 298 g/mol. The van der Waals surface area contributed by atoms with Crippen LogP contribution in [0.25, 0.3) is 0 Å². The highest BCUT2D eigenvalue weighted by atomic mass is 19.4.